The van der Waals surface area contributed by atoms with Crippen molar-refractivity contribution in [3.8, 4) is 45.8 Å². The Morgan fingerprint density at radius 3 is 2.13 bits per heavy atom. The molecular weight excluding hydrogens is 608 g/mol. The highest BCUT2D eigenvalue weighted by atomic mass is 16.7. The lowest BCUT2D eigenvalue weighted by Crippen LogP contribution is -2.61. The molecule has 0 amide bonds. The fraction of sp³-hybridized carbons (Fsp3) is 0.464. The molecule has 0 spiro atoms. The third-order valence-corrected chi connectivity index (χ3v) is 7.64. The summed E-state index contributed by atoms with van der Waals surface area (Å²) in [6, 6.07) is 4.35. The van der Waals surface area contributed by atoms with E-state index in [2.05, 4.69) is 0 Å². The Kier molecular flexibility index (Phi) is 9.00. The van der Waals surface area contributed by atoms with Gasteiger partial charge in [-0.05, 0) is 25.1 Å². The zero-order valence-electron chi connectivity index (χ0n) is 23.6. The minimum Gasteiger partial charge on any atom is -0.507 e. The van der Waals surface area contributed by atoms with E-state index in [0.29, 0.717) is 6.07 Å². The Morgan fingerprint density at radius 1 is 0.778 bits per heavy atom. The fourth-order valence-corrected chi connectivity index (χ4v) is 5.03. The largest absolute Gasteiger partial charge is 0.507 e. The number of rotatable bonds is 7. The van der Waals surface area contributed by atoms with Gasteiger partial charge >= 0.3 is 0 Å². The minimum absolute atomic E-state index is 0.00458. The molecule has 17 heteroatoms. The summed E-state index contributed by atoms with van der Waals surface area (Å²) in [6.07, 6.45) is -16.3. The standard InChI is InChI=1S/C28H32O17/c1-8-16(32)20(36)22(38)27(42-8)41-7-14-18(34)21(37)23(39)28(43-14)45-26-19(35)15-11(30)6-12(31)17(33)25(15)44-24(26)9-3-4-10(29)13(5-9)40-2/h3-6,8,14,16,18,20-23,27-34,36-39H,7H2,1-2H3/t8-,14-,16+,18+,20+,21-,22-,23-,27-,28+/m1/s1. The van der Waals surface area contributed by atoms with Crippen molar-refractivity contribution in [1.29, 1.82) is 0 Å². The van der Waals surface area contributed by atoms with Crippen molar-refractivity contribution in [2.45, 2.75) is 68.3 Å². The lowest BCUT2D eigenvalue weighted by molar-refractivity contribution is -0.318. The van der Waals surface area contributed by atoms with Crippen molar-refractivity contribution >= 4 is 11.0 Å². The molecular formula is C28H32O17. The predicted molar refractivity (Wildman–Crippen MR) is 147 cm³/mol. The summed E-state index contributed by atoms with van der Waals surface area (Å²) in [5.41, 5.74) is -1.77. The van der Waals surface area contributed by atoms with E-state index in [4.69, 9.17) is 28.1 Å². The third-order valence-electron chi connectivity index (χ3n) is 7.64. The van der Waals surface area contributed by atoms with Crippen LogP contribution in [0, 0.1) is 0 Å². The molecule has 1 aromatic heterocycles. The summed E-state index contributed by atoms with van der Waals surface area (Å²) in [7, 11) is 1.25. The number of benzene rings is 2. The van der Waals surface area contributed by atoms with Gasteiger partial charge in [-0.15, -0.1) is 0 Å². The maximum atomic E-state index is 13.7. The van der Waals surface area contributed by atoms with Crippen LogP contribution >= 0.6 is 0 Å². The summed E-state index contributed by atoms with van der Waals surface area (Å²) >= 11 is 0. The SMILES string of the molecule is COc1cc(-c2oc3c(O)c(O)cc(O)c3c(=O)c2O[C@@H]2O[C@H](CO[C@@H]3O[C@H](C)[C@H](O)[C@H](O)[C@H]3O)[C@H](O)[C@@H](O)[C@H]2O)ccc1O. The highest BCUT2D eigenvalue weighted by Gasteiger charge is 2.48. The number of hydrogen-bond acceptors (Lipinski definition) is 17. The van der Waals surface area contributed by atoms with Gasteiger partial charge in [0.25, 0.3) is 0 Å². The van der Waals surface area contributed by atoms with Crippen molar-refractivity contribution in [3.05, 3.63) is 34.5 Å². The summed E-state index contributed by atoms with van der Waals surface area (Å²) < 4.78 is 33.0. The first-order chi connectivity index (χ1) is 21.2. The van der Waals surface area contributed by atoms with Crippen molar-refractivity contribution in [3.63, 3.8) is 0 Å². The first-order valence-corrected chi connectivity index (χ1v) is 13.5. The molecule has 45 heavy (non-hydrogen) atoms. The van der Waals surface area contributed by atoms with Crippen LogP contribution in [0.15, 0.2) is 33.5 Å². The van der Waals surface area contributed by atoms with Crippen molar-refractivity contribution in [1.82, 2.24) is 0 Å². The smallest absolute Gasteiger partial charge is 0.239 e. The van der Waals surface area contributed by atoms with E-state index in [9.17, 15) is 55.9 Å². The Bertz CT molecular complexity index is 1610. The van der Waals surface area contributed by atoms with E-state index in [0.717, 1.165) is 0 Å². The van der Waals surface area contributed by atoms with E-state index >= 15 is 0 Å². The fourth-order valence-electron chi connectivity index (χ4n) is 5.03. The highest BCUT2D eigenvalue weighted by Crippen LogP contribution is 2.43. The summed E-state index contributed by atoms with van der Waals surface area (Å²) in [5.74, 6) is -4.10. The topological polar surface area (TPSA) is 279 Å². The van der Waals surface area contributed by atoms with E-state index in [1.165, 1.54) is 32.2 Å². The van der Waals surface area contributed by atoms with Gasteiger partial charge in [0.05, 0.1) is 19.8 Å². The van der Waals surface area contributed by atoms with Crippen LogP contribution in [0.3, 0.4) is 0 Å². The maximum Gasteiger partial charge on any atom is 0.239 e. The number of phenolic OH excluding ortho intramolecular Hbond substituents is 4. The van der Waals surface area contributed by atoms with Gasteiger partial charge in [-0.3, -0.25) is 4.79 Å². The molecule has 10 N–H and O–H groups in total. The first-order valence-electron chi connectivity index (χ1n) is 13.5. The molecule has 2 saturated heterocycles. The van der Waals surface area contributed by atoms with Crippen LogP contribution in [0.4, 0.5) is 0 Å². The molecule has 2 aliphatic rings. The molecule has 3 aromatic rings. The molecule has 246 valence electrons. The zero-order valence-corrected chi connectivity index (χ0v) is 23.6. The van der Waals surface area contributed by atoms with Crippen LogP contribution in [-0.4, -0.2) is 126 Å². The molecule has 5 rings (SSSR count). The number of methoxy groups -OCH3 is 1. The van der Waals surface area contributed by atoms with Gasteiger partial charge in [0, 0.05) is 11.6 Å². The van der Waals surface area contributed by atoms with Gasteiger partial charge in [-0.25, -0.2) is 0 Å². The number of ether oxygens (including phenoxy) is 5. The second kappa shape index (κ2) is 12.5. The second-order valence-corrected chi connectivity index (χ2v) is 10.6. The predicted octanol–water partition coefficient (Wildman–Crippen LogP) is -1.68. The van der Waals surface area contributed by atoms with Crippen LogP contribution < -0.4 is 14.9 Å². The van der Waals surface area contributed by atoms with Crippen LogP contribution in [-0.2, 0) is 14.2 Å². The van der Waals surface area contributed by atoms with E-state index in [1.54, 1.807) is 0 Å². The van der Waals surface area contributed by atoms with Gasteiger partial charge in [0.1, 0.15) is 53.9 Å². The Balaban J connectivity index is 1.52. The maximum absolute atomic E-state index is 13.7. The molecule has 0 aliphatic carbocycles. The molecule has 0 saturated carbocycles. The van der Waals surface area contributed by atoms with E-state index in [-0.39, 0.29) is 17.1 Å². The van der Waals surface area contributed by atoms with Gasteiger partial charge in [0.2, 0.25) is 23.2 Å². The minimum atomic E-state index is -2.00. The Morgan fingerprint density at radius 2 is 1.44 bits per heavy atom. The number of phenols is 4. The average molecular weight is 641 g/mol. The Labute approximate surface area is 252 Å². The number of aliphatic hydroxyl groups excluding tert-OH is 6. The van der Waals surface area contributed by atoms with E-state index < -0.39 is 113 Å². The first kappa shape index (κ1) is 32.5. The van der Waals surface area contributed by atoms with Crippen LogP contribution in [0.2, 0.25) is 0 Å². The number of aliphatic hydroxyl groups is 6. The highest BCUT2D eigenvalue weighted by molar-refractivity contribution is 5.93. The van der Waals surface area contributed by atoms with Gasteiger partial charge in [-0.2, -0.15) is 0 Å². The third kappa shape index (κ3) is 5.81. The molecule has 10 atom stereocenters. The number of aromatic hydroxyl groups is 4. The molecule has 0 unspecified atom stereocenters. The van der Waals surface area contributed by atoms with Crippen molar-refractivity contribution < 1.29 is 79.2 Å². The lowest BCUT2D eigenvalue weighted by Gasteiger charge is -2.42. The molecule has 17 nitrogen and oxygen atoms in total. The van der Waals surface area contributed by atoms with Crippen LogP contribution in [0.25, 0.3) is 22.3 Å². The summed E-state index contributed by atoms with van der Waals surface area (Å²) in [5, 5.41) is 102. The average Bonchev–Trinajstić information content (AvgIpc) is 3.01. The van der Waals surface area contributed by atoms with Gasteiger partial charge in [-0.1, -0.05) is 0 Å². The van der Waals surface area contributed by atoms with E-state index in [1.807, 2.05) is 0 Å². The second-order valence-electron chi connectivity index (χ2n) is 10.6. The molecule has 0 radical (unpaired) electrons. The normalized spacial score (nSPS) is 32.0. The van der Waals surface area contributed by atoms with Crippen molar-refractivity contribution in [2.75, 3.05) is 13.7 Å². The van der Waals surface area contributed by atoms with Crippen molar-refractivity contribution in [2.24, 2.45) is 0 Å². The number of hydrogen-bond donors (Lipinski definition) is 10. The van der Waals surface area contributed by atoms with Crippen LogP contribution in [0.5, 0.6) is 34.5 Å². The van der Waals surface area contributed by atoms with Gasteiger partial charge < -0.3 is 79.2 Å². The quantitative estimate of drug-likeness (QED) is 0.102. The number of fused-ring (bicyclic) bond motifs is 1. The van der Waals surface area contributed by atoms with Crippen LogP contribution in [0.1, 0.15) is 6.92 Å². The monoisotopic (exact) mass is 640 g/mol. The summed E-state index contributed by atoms with van der Waals surface area (Å²) in [6.45, 7) is 0.797. The molecule has 2 aliphatic heterocycles. The summed E-state index contributed by atoms with van der Waals surface area (Å²) in [4.78, 5) is 13.7. The Hall–Kier alpha value is -3.91. The molecule has 2 aromatic carbocycles. The molecule has 3 heterocycles. The lowest BCUT2D eigenvalue weighted by atomic mass is 9.98. The molecule has 2 fully saturated rings. The molecule has 0 bridgehead atoms. The van der Waals surface area contributed by atoms with Gasteiger partial charge in [0.15, 0.2) is 34.9 Å². The zero-order chi connectivity index (χ0) is 32.9.